The van der Waals surface area contributed by atoms with Crippen LogP contribution in [0.3, 0.4) is 0 Å². The van der Waals surface area contributed by atoms with Crippen molar-refractivity contribution in [2.75, 3.05) is 5.75 Å². The molecule has 3 unspecified atom stereocenters. The average molecular weight is 265 g/mol. The highest BCUT2D eigenvalue weighted by atomic mass is 32.2. The third-order valence-electron chi connectivity index (χ3n) is 3.68. The molecule has 2 rings (SSSR count). The average Bonchev–Trinajstić information content (AvgIpc) is 2.33. The molecule has 1 N–H and O–H groups in total. The Labute approximate surface area is 113 Å². The van der Waals surface area contributed by atoms with Gasteiger partial charge < -0.3 is 5.32 Å². The van der Waals surface area contributed by atoms with Crippen molar-refractivity contribution in [1.29, 1.82) is 0 Å². The third kappa shape index (κ3) is 2.83. The standard InChI is InChI=1S/C15H23NOS/c1-5-12-6-8-13(9-7-12)14-11(2)18(17)10-15(3,4)16-14/h6-9,11,14,16H,5,10H2,1-4H3. The fourth-order valence-corrected chi connectivity index (χ4v) is 4.12. The van der Waals surface area contributed by atoms with E-state index in [0.29, 0.717) is 0 Å². The largest absolute Gasteiger partial charge is 0.303 e. The summed E-state index contributed by atoms with van der Waals surface area (Å²) in [5.74, 6) is 0.734. The van der Waals surface area contributed by atoms with Crippen LogP contribution in [0.4, 0.5) is 0 Å². The van der Waals surface area contributed by atoms with Gasteiger partial charge in [-0.3, -0.25) is 4.21 Å². The normalized spacial score (nSPS) is 31.2. The lowest BCUT2D eigenvalue weighted by Gasteiger charge is -2.40. The molecule has 1 aromatic carbocycles. The van der Waals surface area contributed by atoms with Crippen molar-refractivity contribution in [3.05, 3.63) is 35.4 Å². The van der Waals surface area contributed by atoms with Crippen molar-refractivity contribution in [1.82, 2.24) is 5.32 Å². The van der Waals surface area contributed by atoms with Crippen LogP contribution < -0.4 is 5.32 Å². The van der Waals surface area contributed by atoms with Gasteiger partial charge in [-0.15, -0.1) is 0 Å². The predicted octanol–water partition coefficient (Wildman–Crippen LogP) is 2.81. The van der Waals surface area contributed by atoms with E-state index < -0.39 is 10.8 Å². The van der Waals surface area contributed by atoms with Crippen LogP contribution in [-0.2, 0) is 17.2 Å². The lowest BCUT2D eigenvalue weighted by molar-refractivity contribution is 0.344. The maximum Gasteiger partial charge on any atom is 0.0515 e. The number of hydrogen-bond donors (Lipinski definition) is 1. The van der Waals surface area contributed by atoms with E-state index in [2.05, 4.69) is 57.3 Å². The van der Waals surface area contributed by atoms with E-state index in [0.717, 1.165) is 12.2 Å². The molecule has 3 atom stereocenters. The van der Waals surface area contributed by atoms with Gasteiger partial charge in [0.25, 0.3) is 0 Å². The van der Waals surface area contributed by atoms with Crippen molar-refractivity contribution in [3.8, 4) is 0 Å². The number of benzene rings is 1. The Kier molecular flexibility index (Phi) is 3.93. The summed E-state index contributed by atoms with van der Waals surface area (Å²) in [6, 6.07) is 8.89. The molecule has 1 saturated heterocycles. The van der Waals surface area contributed by atoms with Crippen molar-refractivity contribution >= 4 is 10.8 Å². The highest BCUT2D eigenvalue weighted by Gasteiger charge is 2.37. The van der Waals surface area contributed by atoms with Crippen molar-refractivity contribution in [2.45, 2.75) is 50.9 Å². The van der Waals surface area contributed by atoms with Gasteiger partial charge in [0.15, 0.2) is 0 Å². The van der Waals surface area contributed by atoms with Gasteiger partial charge in [-0.1, -0.05) is 31.2 Å². The summed E-state index contributed by atoms with van der Waals surface area (Å²) in [7, 11) is -0.755. The second kappa shape index (κ2) is 5.14. The molecule has 18 heavy (non-hydrogen) atoms. The topological polar surface area (TPSA) is 29.1 Å². The van der Waals surface area contributed by atoms with Gasteiger partial charge >= 0.3 is 0 Å². The molecule has 0 saturated carbocycles. The van der Waals surface area contributed by atoms with Crippen LogP contribution in [-0.4, -0.2) is 20.8 Å². The highest BCUT2D eigenvalue weighted by Crippen LogP contribution is 2.29. The van der Waals surface area contributed by atoms with Gasteiger partial charge in [0.2, 0.25) is 0 Å². The van der Waals surface area contributed by atoms with Gasteiger partial charge in [0, 0.05) is 28.1 Å². The number of hydrogen-bond acceptors (Lipinski definition) is 2. The van der Waals surface area contributed by atoms with E-state index in [-0.39, 0.29) is 16.8 Å². The molecule has 100 valence electrons. The van der Waals surface area contributed by atoms with E-state index in [9.17, 15) is 4.21 Å². The van der Waals surface area contributed by atoms with Gasteiger partial charge in [0.05, 0.1) is 5.25 Å². The molecular formula is C15H23NOS. The Balaban J connectivity index is 2.26. The van der Waals surface area contributed by atoms with Crippen molar-refractivity contribution < 1.29 is 4.21 Å². The zero-order valence-electron chi connectivity index (χ0n) is 11.7. The van der Waals surface area contributed by atoms with E-state index in [1.54, 1.807) is 0 Å². The Morgan fingerprint density at radius 3 is 2.50 bits per heavy atom. The third-order valence-corrected chi connectivity index (χ3v) is 5.79. The Bertz CT molecular complexity index is 438. The molecular weight excluding hydrogens is 242 g/mol. The van der Waals surface area contributed by atoms with Crippen LogP contribution in [0.2, 0.25) is 0 Å². The SMILES string of the molecule is CCc1ccc(C2NC(C)(C)CS(=O)C2C)cc1. The molecule has 1 aliphatic heterocycles. The van der Waals surface area contributed by atoms with Crippen LogP contribution in [0.15, 0.2) is 24.3 Å². The van der Waals surface area contributed by atoms with Crippen LogP contribution in [0.5, 0.6) is 0 Å². The zero-order valence-corrected chi connectivity index (χ0v) is 12.5. The first-order chi connectivity index (χ1) is 8.43. The fourth-order valence-electron chi connectivity index (χ4n) is 2.53. The number of rotatable bonds is 2. The summed E-state index contributed by atoms with van der Waals surface area (Å²) in [5.41, 5.74) is 2.55. The van der Waals surface area contributed by atoms with E-state index in [4.69, 9.17) is 0 Å². The first-order valence-electron chi connectivity index (χ1n) is 6.66. The molecule has 0 radical (unpaired) electrons. The minimum Gasteiger partial charge on any atom is -0.303 e. The second-order valence-electron chi connectivity index (χ2n) is 5.83. The molecule has 1 heterocycles. The van der Waals surface area contributed by atoms with Gasteiger partial charge in [-0.2, -0.15) is 0 Å². The molecule has 1 aliphatic rings. The summed E-state index contributed by atoms with van der Waals surface area (Å²) in [6.45, 7) is 8.50. The maximum absolute atomic E-state index is 12.2. The lowest BCUT2D eigenvalue weighted by atomic mass is 9.97. The van der Waals surface area contributed by atoms with Gasteiger partial charge in [-0.05, 0) is 38.3 Å². The Morgan fingerprint density at radius 2 is 1.94 bits per heavy atom. The van der Waals surface area contributed by atoms with E-state index >= 15 is 0 Å². The summed E-state index contributed by atoms with van der Waals surface area (Å²) < 4.78 is 12.2. The summed E-state index contributed by atoms with van der Waals surface area (Å²) in [6.07, 6.45) is 1.06. The minimum absolute atomic E-state index is 0.0501. The van der Waals surface area contributed by atoms with Crippen LogP contribution in [0.1, 0.15) is 44.9 Å². The second-order valence-corrected chi connectivity index (χ2v) is 7.62. The number of aryl methyl sites for hydroxylation is 1. The Morgan fingerprint density at radius 1 is 1.33 bits per heavy atom. The van der Waals surface area contributed by atoms with Crippen molar-refractivity contribution in [3.63, 3.8) is 0 Å². The van der Waals surface area contributed by atoms with Gasteiger partial charge in [0.1, 0.15) is 0 Å². The summed E-state index contributed by atoms with van der Waals surface area (Å²) >= 11 is 0. The van der Waals surface area contributed by atoms with Crippen LogP contribution in [0, 0.1) is 0 Å². The first-order valence-corrected chi connectivity index (χ1v) is 8.05. The molecule has 3 heteroatoms. The molecule has 0 aromatic heterocycles. The minimum atomic E-state index is -0.755. The molecule has 2 nitrogen and oxygen atoms in total. The quantitative estimate of drug-likeness (QED) is 0.891. The van der Waals surface area contributed by atoms with E-state index in [1.807, 2.05) is 0 Å². The molecule has 0 amide bonds. The smallest absolute Gasteiger partial charge is 0.0515 e. The summed E-state index contributed by atoms with van der Waals surface area (Å²) in [4.78, 5) is 0. The molecule has 0 spiro atoms. The number of nitrogens with one attached hydrogen (secondary N) is 1. The molecule has 0 bridgehead atoms. The Hall–Kier alpha value is -0.670. The lowest BCUT2D eigenvalue weighted by Crippen LogP contribution is -2.55. The molecule has 1 aromatic rings. The predicted molar refractivity (Wildman–Crippen MR) is 78.2 cm³/mol. The van der Waals surface area contributed by atoms with Crippen LogP contribution >= 0.6 is 0 Å². The monoisotopic (exact) mass is 265 g/mol. The first kappa shape index (κ1) is 13.8. The molecule has 1 fully saturated rings. The molecule has 0 aliphatic carbocycles. The van der Waals surface area contributed by atoms with Crippen molar-refractivity contribution in [2.24, 2.45) is 0 Å². The van der Waals surface area contributed by atoms with Crippen LogP contribution in [0.25, 0.3) is 0 Å². The fraction of sp³-hybridized carbons (Fsp3) is 0.600. The van der Waals surface area contributed by atoms with Gasteiger partial charge in [-0.25, -0.2) is 0 Å². The van der Waals surface area contributed by atoms with E-state index in [1.165, 1.54) is 11.1 Å². The summed E-state index contributed by atoms with van der Waals surface area (Å²) in [5, 5.41) is 3.81. The maximum atomic E-state index is 12.2. The zero-order chi connectivity index (χ0) is 13.3. The highest BCUT2D eigenvalue weighted by molar-refractivity contribution is 7.85.